The first-order valence-corrected chi connectivity index (χ1v) is 7.18. The quantitative estimate of drug-likeness (QED) is 0.550. The van der Waals surface area contributed by atoms with Crippen LogP contribution in [-0.2, 0) is 17.9 Å². The van der Waals surface area contributed by atoms with E-state index in [4.69, 9.17) is 0 Å². The Morgan fingerprint density at radius 3 is 2.71 bits per heavy atom. The molecule has 1 aliphatic heterocycles. The lowest BCUT2D eigenvalue weighted by molar-refractivity contribution is -0.130. The smallest absolute Gasteiger partial charge is 0.324 e. The van der Waals surface area contributed by atoms with Gasteiger partial charge in [0.25, 0.3) is 5.91 Å². The summed E-state index contributed by atoms with van der Waals surface area (Å²) in [6.45, 7) is 7.83. The minimum Gasteiger partial charge on any atom is -0.324 e. The van der Waals surface area contributed by atoms with Crippen molar-refractivity contribution in [3.8, 4) is 0 Å². The summed E-state index contributed by atoms with van der Waals surface area (Å²) in [5.41, 5.74) is 0.0234. The van der Waals surface area contributed by atoms with E-state index in [1.165, 1.54) is 4.90 Å². The van der Waals surface area contributed by atoms with Crippen molar-refractivity contribution in [2.24, 2.45) is 0 Å². The summed E-state index contributed by atoms with van der Waals surface area (Å²) in [6.07, 6.45) is 2.89. The van der Waals surface area contributed by atoms with Gasteiger partial charge in [-0.15, -0.1) is 5.10 Å². The number of amides is 3. The zero-order valence-corrected chi connectivity index (χ0v) is 12.7. The van der Waals surface area contributed by atoms with Gasteiger partial charge in [-0.3, -0.25) is 14.4 Å². The van der Waals surface area contributed by atoms with Gasteiger partial charge >= 0.3 is 6.03 Å². The highest BCUT2D eigenvalue weighted by atomic mass is 16.2. The normalized spacial score (nSPS) is 17.4. The number of carbonyl (C=O) groups is 2. The van der Waals surface area contributed by atoms with Gasteiger partial charge in [0.2, 0.25) is 0 Å². The Morgan fingerprint density at radius 2 is 2.10 bits per heavy atom. The third-order valence-corrected chi connectivity index (χ3v) is 3.32. The third kappa shape index (κ3) is 3.57. The molecule has 0 radical (unpaired) electrons. The molecule has 0 bridgehead atoms. The lowest BCUT2D eigenvalue weighted by Gasteiger charge is -2.15. The number of aromatic nitrogens is 3. The van der Waals surface area contributed by atoms with Crippen molar-refractivity contribution >= 4 is 11.9 Å². The van der Waals surface area contributed by atoms with Crippen LogP contribution in [0, 0.1) is 0 Å². The SMILES string of the molecule is CCCNCc1cn(CCN2C(=O)NC(C)(C)C2=O)nn1. The Kier molecular flexibility index (Phi) is 4.56. The van der Waals surface area contributed by atoms with Gasteiger partial charge in [-0.25, -0.2) is 4.79 Å². The molecule has 0 saturated carbocycles. The fraction of sp³-hybridized carbons (Fsp3) is 0.692. The van der Waals surface area contributed by atoms with Crippen LogP contribution in [0.4, 0.5) is 4.79 Å². The van der Waals surface area contributed by atoms with Crippen LogP contribution in [0.25, 0.3) is 0 Å². The molecule has 0 spiro atoms. The van der Waals surface area contributed by atoms with Crippen LogP contribution < -0.4 is 10.6 Å². The van der Waals surface area contributed by atoms with Crippen molar-refractivity contribution < 1.29 is 9.59 Å². The minimum atomic E-state index is -0.825. The van der Waals surface area contributed by atoms with E-state index in [9.17, 15) is 9.59 Å². The molecule has 2 heterocycles. The number of hydrogen-bond acceptors (Lipinski definition) is 5. The Labute approximate surface area is 123 Å². The van der Waals surface area contributed by atoms with Crippen molar-refractivity contribution in [3.63, 3.8) is 0 Å². The molecule has 8 heteroatoms. The highest BCUT2D eigenvalue weighted by molar-refractivity contribution is 6.06. The number of nitrogens with one attached hydrogen (secondary N) is 2. The third-order valence-electron chi connectivity index (χ3n) is 3.32. The summed E-state index contributed by atoms with van der Waals surface area (Å²) >= 11 is 0. The Balaban J connectivity index is 1.86. The maximum Gasteiger partial charge on any atom is 0.325 e. The molecule has 0 aromatic carbocycles. The average Bonchev–Trinajstić information content (AvgIpc) is 2.93. The van der Waals surface area contributed by atoms with Crippen molar-refractivity contribution in [2.45, 2.75) is 45.8 Å². The largest absolute Gasteiger partial charge is 0.325 e. The summed E-state index contributed by atoms with van der Waals surface area (Å²) < 4.78 is 1.65. The predicted molar refractivity (Wildman–Crippen MR) is 76.3 cm³/mol. The van der Waals surface area contributed by atoms with Gasteiger partial charge in [-0.05, 0) is 26.8 Å². The highest BCUT2D eigenvalue weighted by Crippen LogP contribution is 2.16. The van der Waals surface area contributed by atoms with E-state index >= 15 is 0 Å². The van der Waals surface area contributed by atoms with E-state index in [2.05, 4.69) is 27.9 Å². The lowest BCUT2D eigenvalue weighted by atomic mass is 10.1. The van der Waals surface area contributed by atoms with E-state index in [1.54, 1.807) is 18.5 Å². The van der Waals surface area contributed by atoms with Gasteiger partial charge in [0, 0.05) is 12.7 Å². The highest BCUT2D eigenvalue weighted by Gasteiger charge is 2.43. The molecule has 1 aromatic rings. The molecule has 1 fully saturated rings. The van der Waals surface area contributed by atoms with Crippen molar-refractivity contribution in [3.05, 3.63) is 11.9 Å². The molecular weight excluding hydrogens is 272 g/mol. The van der Waals surface area contributed by atoms with Crippen LogP contribution in [0.15, 0.2) is 6.20 Å². The number of hydrogen-bond donors (Lipinski definition) is 2. The molecule has 1 saturated heterocycles. The number of nitrogens with zero attached hydrogens (tertiary/aromatic N) is 4. The van der Waals surface area contributed by atoms with E-state index in [-0.39, 0.29) is 11.9 Å². The topological polar surface area (TPSA) is 92.2 Å². The first kappa shape index (κ1) is 15.4. The van der Waals surface area contributed by atoms with Gasteiger partial charge in [-0.1, -0.05) is 12.1 Å². The van der Waals surface area contributed by atoms with Crippen LogP contribution in [0.2, 0.25) is 0 Å². The molecule has 0 atom stereocenters. The molecule has 1 aromatic heterocycles. The Morgan fingerprint density at radius 1 is 1.33 bits per heavy atom. The summed E-state index contributed by atoms with van der Waals surface area (Å²) in [7, 11) is 0. The molecule has 0 unspecified atom stereocenters. The second-order valence-electron chi connectivity index (χ2n) is 5.66. The summed E-state index contributed by atoms with van der Waals surface area (Å²) in [4.78, 5) is 25.0. The number of urea groups is 1. The van der Waals surface area contributed by atoms with E-state index < -0.39 is 5.54 Å². The van der Waals surface area contributed by atoms with Gasteiger partial charge < -0.3 is 10.6 Å². The van der Waals surface area contributed by atoms with Crippen LogP contribution in [-0.4, -0.2) is 50.5 Å². The van der Waals surface area contributed by atoms with Gasteiger partial charge in [0.15, 0.2) is 0 Å². The van der Waals surface area contributed by atoms with E-state index in [0.717, 1.165) is 18.7 Å². The number of carbonyl (C=O) groups excluding carboxylic acids is 2. The first-order chi connectivity index (χ1) is 9.94. The summed E-state index contributed by atoms with van der Waals surface area (Å²) in [5, 5.41) is 13.9. The van der Waals surface area contributed by atoms with Crippen LogP contribution in [0.5, 0.6) is 0 Å². The van der Waals surface area contributed by atoms with Gasteiger partial charge in [-0.2, -0.15) is 0 Å². The van der Waals surface area contributed by atoms with Gasteiger partial charge in [0.1, 0.15) is 5.54 Å². The van der Waals surface area contributed by atoms with Crippen molar-refractivity contribution in [1.29, 1.82) is 0 Å². The zero-order chi connectivity index (χ0) is 15.5. The molecule has 2 N–H and O–H groups in total. The van der Waals surface area contributed by atoms with E-state index in [1.807, 2.05) is 6.20 Å². The summed E-state index contributed by atoms with van der Waals surface area (Å²) in [6, 6.07) is -0.352. The Bertz CT molecular complexity index is 524. The van der Waals surface area contributed by atoms with E-state index in [0.29, 0.717) is 19.6 Å². The zero-order valence-electron chi connectivity index (χ0n) is 12.7. The molecular formula is C13H22N6O2. The molecule has 116 valence electrons. The first-order valence-electron chi connectivity index (χ1n) is 7.18. The predicted octanol–water partition coefficient (Wildman–Crippen LogP) is 0.108. The number of imide groups is 1. The monoisotopic (exact) mass is 294 g/mol. The maximum atomic E-state index is 12.0. The molecule has 3 amide bonds. The fourth-order valence-corrected chi connectivity index (χ4v) is 2.15. The second kappa shape index (κ2) is 6.21. The second-order valence-corrected chi connectivity index (χ2v) is 5.66. The lowest BCUT2D eigenvalue weighted by Crippen LogP contribution is -2.40. The molecule has 21 heavy (non-hydrogen) atoms. The van der Waals surface area contributed by atoms with Gasteiger partial charge in [0.05, 0.1) is 18.8 Å². The van der Waals surface area contributed by atoms with Crippen LogP contribution >= 0.6 is 0 Å². The Hall–Kier alpha value is -1.96. The summed E-state index contributed by atoms with van der Waals surface area (Å²) in [5.74, 6) is -0.211. The molecule has 0 aliphatic carbocycles. The molecule has 8 nitrogen and oxygen atoms in total. The minimum absolute atomic E-state index is 0.211. The average molecular weight is 294 g/mol. The molecule has 2 rings (SSSR count). The standard InChI is InChI=1S/C13H22N6O2/c1-4-5-14-8-10-9-18(17-16-10)6-7-19-11(20)13(2,3)15-12(19)21/h9,14H,4-8H2,1-3H3,(H,15,21). The maximum absolute atomic E-state index is 12.0. The van der Waals surface area contributed by atoms with Crippen LogP contribution in [0.1, 0.15) is 32.9 Å². The fourth-order valence-electron chi connectivity index (χ4n) is 2.15. The van der Waals surface area contributed by atoms with Crippen molar-refractivity contribution in [2.75, 3.05) is 13.1 Å². The molecule has 1 aliphatic rings. The number of rotatable bonds is 7. The van der Waals surface area contributed by atoms with Crippen molar-refractivity contribution in [1.82, 2.24) is 30.5 Å². The van der Waals surface area contributed by atoms with Crippen LogP contribution in [0.3, 0.4) is 0 Å².